The van der Waals surface area contributed by atoms with Gasteiger partial charge in [0.15, 0.2) is 0 Å². The van der Waals surface area contributed by atoms with Crippen LogP contribution in [0.4, 0.5) is 5.69 Å². The molecule has 0 aliphatic carbocycles. The van der Waals surface area contributed by atoms with Crippen LogP contribution in [-0.2, 0) is 13.6 Å². The zero-order valence-electron chi connectivity index (χ0n) is 13.9. The summed E-state index contributed by atoms with van der Waals surface area (Å²) in [5.41, 5.74) is 1.18. The average Bonchev–Trinajstić information content (AvgIpc) is 2.86. The molecule has 23 heavy (non-hydrogen) atoms. The van der Waals surface area contributed by atoms with Crippen molar-refractivity contribution in [1.82, 2.24) is 14.5 Å². The summed E-state index contributed by atoms with van der Waals surface area (Å²) in [5.74, 6) is 1.93. The van der Waals surface area contributed by atoms with Crippen LogP contribution in [0.3, 0.4) is 0 Å². The van der Waals surface area contributed by atoms with E-state index in [4.69, 9.17) is 16.3 Å². The van der Waals surface area contributed by atoms with E-state index in [1.54, 1.807) is 6.20 Å². The predicted octanol–water partition coefficient (Wildman–Crippen LogP) is 2.79. The highest BCUT2D eigenvalue weighted by atomic mass is 35.5. The van der Waals surface area contributed by atoms with Gasteiger partial charge in [-0.3, -0.25) is 4.90 Å². The number of nitrogens with zero attached hydrogens (tertiary/aromatic N) is 4. The first-order valence-electron chi connectivity index (χ1n) is 7.93. The summed E-state index contributed by atoms with van der Waals surface area (Å²) in [5, 5.41) is 0.661. The molecule has 0 fully saturated rings. The first-order chi connectivity index (χ1) is 11.1. The molecule has 1 unspecified atom stereocenters. The standard InChI is InChI=1S/C17H23ClN4O/c1-4-22-11-13(23-15-8-6-5-7-14(15)22)10-20(2)12-17-19-9-16(18)21(17)3/h5-9,13H,4,10-12H2,1-3H3. The van der Waals surface area contributed by atoms with Gasteiger partial charge in [0, 0.05) is 20.1 Å². The minimum Gasteiger partial charge on any atom is -0.485 e. The molecule has 0 N–H and O–H groups in total. The lowest BCUT2D eigenvalue weighted by atomic mass is 10.2. The maximum absolute atomic E-state index is 6.17. The molecule has 0 bridgehead atoms. The molecule has 0 amide bonds. The molecule has 124 valence electrons. The number of imidazole rings is 1. The lowest BCUT2D eigenvalue weighted by Crippen LogP contribution is -2.45. The fourth-order valence-corrected chi connectivity index (χ4v) is 3.14. The summed E-state index contributed by atoms with van der Waals surface area (Å²) < 4.78 is 8.08. The van der Waals surface area contributed by atoms with Gasteiger partial charge in [-0.2, -0.15) is 0 Å². The van der Waals surface area contributed by atoms with Gasteiger partial charge in [0.05, 0.1) is 25.0 Å². The molecular weight excluding hydrogens is 312 g/mol. The molecule has 3 rings (SSSR count). The van der Waals surface area contributed by atoms with E-state index in [1.807, 2.05) is 23.7 Å². The number of aromatic nitrogens is 2. The molecule has 0 radical (unpaired) electrons. The number of ether oxygens (including phenoxy) is 1. The number of hydrogen-bond acceptors (Lipinski definition) is 4. The van der Waals surface area contributed by atoms with Gasteiger partial charge in [-0.05, 0) is 26.1 Å². The van der Waals surface area contributed by atoms with Crippen molar-refractivity contribution in [1.29, 1.82) is 0 Å². The molecule has 5 nitrogen and oxygen atoms in total. The fourth-order valence-electron chi connectivity index (χ4n) is 3.00. The Morgan fingerprint density at radius 3 is 2.87 bits per heavy atom. The Bertz CT molecular complexity index is 672. The smallest absolute Gasteiger partial charge is 0.143 e. The Morgan fingerprint density at radius 2 is 2.17 bits per heavy atom. The molecule has 6 heteroatoms. The van der Waals surface area contributed by atoms with E-state index in [0.29, 0.717) is 5.15 Å². The molecule has 2 aromatic rings. The Labute approximate surface area is 142 Å². The Kier molecular flexibility index (Phi) is 4.78. The second-order valence-electron chi connectivity index (χ2n) is 6.00. The van der Waals surface area contributed by atoms with Gasteiger partial charge in [0.25, 0.3) is 0 Å². The SMILES string of the molecule is CCN1CC(CN(C)Cc2ncc(Cl)n2C)Oc2ccccc21. The average molecular weight is 335 g/mol. The second-order valence-corrected chi connectivity index (χ2v) is 6.39. The number of benzene rings is 1. The molecule has 0 saturated heterocycles. The van der Waals surface area contributed by atoms with Gasteiger partial charge in [-0.25, -0.2) is 4.98 Å². The molecule has 1 aliphatic heterocycles. The molecule has 0 spiro atoms. The van der Waals surface area contributed by atoms with E-state index in [2.05, 4.69) is 40.9 Å². The van der Waals surface area contributed by atoms with Crippen molar-refractivity contribution < 1.29 is 4.74 Å². The van der Waals surface area contributed by atoms with Crippen molar-refractivity contribution in [2.75, 3.05) is 31.6 Å². The number of rotatable bonds is 5. The van der Waals surface area contributed by atoms with Gasteiger partial charge in [-0.15, -0.1) is 0 Å². The van der Waals surface area contributed by atoms with Crippen LogP contribution in [-0.4, -0.2) is 47.2 Å². The van der Waals surface area contributed by atoms with Crippen LogP contribution in [0.25, 0.3) is 0 Å². The largest absolute Gasteiger partial charge is 0.485 e. The number of para-hydroxylation sites is 2. The third-order valence-electron chi connectivity index (χ3n) is 4.26. The predicted molar refractivity (Wildman–Crippen MR) is 93.3 cm³/mol. The van der Waals surface area contributed by atoms with Crippen LogP contribution in [0, 0.1) is 0 Å². The molecule has 1 atom stereocenters. The normalized spacial score (nSPS) is 17.3. The number of likely N-dealkylation sites (N-methyl/N-ethyl adjacent to an activating group) is 2. The van der Waals surface area contributed by atoms with Crippen molar-refractivity contribution in [3.05, 3.63) is 41.4 Å². The highest BCUT2D eigenvalue weighted by Crippen LogP contribution is 2.32. The van der Waals surface area contributed by atoms with Crippen molar-refractivity contribution in [2.24, 2.45) is 7.05 Å². The van der Waals surface area contributed by atoms with E-state index in [1.165, 1.54) is 5.69 Å². The van der Waals surface area contributed by atoms with Crippen molar-refractivity contribution in [3.8, 4) is 5.75 Å². The molecule has 1 aromatic heterocycles. The van der Waals surface area contributed by atoms with Crippen LogP contribution < -0.4 is 9.64 Å². The Hall–Kier alpha value is -1.72. The summed E-state index contributed by atoms with van der Waals surface area (Å²) in [6.07, 6.45) is 1.84. The number of halogens is 1. The quantitative estimate of drug-likeness (QED) is 0.842. The van der Waals surface area contributed by atoms with E-state index < -0.39 is 0 Å². The highest BCUT2D eigenvalue weighted by molar-refractivity contribution is 6.29. The Balaban J connectivity index is 1.65. The van der Waals surface area contributed by atoms with Gasteiger partial charge >= 0.3 is 0 Å². The molecule has 1 aromatic carbocycles. The zero-order chi connectivity index (χ0) is 16.4. The van der Waals surface area contributed by atoms with Crippen LogP contribution >= 0.6 is 11.6 Å². The fraction of sp³-hybridized carbons (Fsp3) is 0.471. The third kappa shape index (κ3) is 3.46. The van der Waals surface area contributed by atoms with Crippen LogP contribution in [0.1, 0.15) is 12.7 Å². The first-order valence-corrected chi connectivity index (χ1v) is 8.31. The summed E-state index contributed by atoms with van der Waals surface area (Å²) in [6.45, 7) is 5.65. The number of fused-ring (bicyclic) bond motifs is 1. The van der Waals surface area contributed by atoms with Gasteiger partial charge in [0.2, 0.25) is 0 Å². The first kappa shape index (κ1) is 16.1. The van der Waals surface area contributed by atoms with E-state index in [9.17, 15) is 0 Å². The van der Waals surface area contributed by atoms with E-state index in [0.717, 1.165) is 37.8 Å². The second kappa shape index (κ2) is 6.81. The van der Waals surface area contributed by atoms with E-state index in [-0.39, 0.29) is 6.10 Å². The van der Waals surface area contributed by atoms with Crippen molar-refractivity contribution in [2.45, 2.75) is 19.6 Å². The summed E-state index contributed by atoms with van der Waals surface area (Å²) in [4.78, 5) is 8.95. The lowest BCUT2D eigenvalue weighted by Gasteiger charge is -2.37. The maximum Gasteiger partial charge on any atom is 0.143 e. The number of hydrogen-bond donors (Lipinski definition) is 0. The molecular formula is C17H23ClN4O. The van der Waals surface area contributed by atoms with Gasteiger partial charge in [0.1, 0.15) is 22.8 Å². The topological polar surface area (TPSA) is 33.5 Å². The maximum atomic E-state index is 6.17. The van der Waals surface area contributed by atoms with Crippen molar-refractivity contribution in [3.63, 3.8) is 0 Å². The van der Waals surface area contributed by atoms with Crippen LogP contribution in [0.15, 0.2) is 30.5 Å². The monoisotopic (exact) mass is 334 g/mol. The lowest BCUT2D eigenvalue weighted by molar-refractivity contribution is 0.138. The Morgan fingerprint density at radius 1 is 1.39 bits per heavy atom. The van der Waals surface area contributed by atoms with Crippen molar-refractivity contribution >= 4 is 17.3 Å². The minimum absolute atomic E-state index is 0.144. The summed E-state index contributed by atoms with van der Waals surface area (Å²) >= 11 is 6.05. The molecule has 0 saturated carbocycles. The van der Waals surface area contributed by atoms with Crippen LogP contribution in [0.5, 0.6) is 5.75 Å². The molecule has 2 heterocycles. The highest BCUT2D eigenvalue weighted by Gasteiger charge is 2.25. The number of anilines is 1. The third-order valence-corrected chi connectivity index (χ3v) is 4.61. The zero-order valence-corrected chi connectivity index (χ0v) is 14.6. The van der Waals surface area contributed by atoms with Gasteiger partial charge in [-0.1, -0.05) is 23.7 Å². The van der Waals surface area contributed by atoms with E-state index >= 15 is 0 Å². The minimum atomic E-state index is 0.144. The van der Waals surface area contributed by atoms with Crippen LogP contribution in [0.2, 0.25) is 5.15 Å². The summed E-state index contributed by atoms with van der Waals surface area (Å²) in [6, 6.07) is 8.24. The molecule has 1 aliphatic rings. The summed E-state index contributed by atoms with van der Waals surface area (Å²) in [7, 11) is 4.02. The van der Waals surface area contributed by atoms with Gasteiger partial charge < -0.3 is 14.2 Å².